The Bertz CT molecular complexity index is 339. The molecule has 4 heteroatoms. The van der Waals surface area contributed by atoms with Gasteiger partial charge in [0.1, 0.15) is 0 Å². The molecule has 0 saturated carbocycles. The smallest absolute Gasteiger partial charge is 0.0537 e. The number of piperidine rings is 1. The number of nitrogens with zero attached hydrogens (tertiary/aromatic N) is 3. The third-order valence-corrected chi connectivity index (χ3v) is 3.68. The fourth-order valence-electron chi connectivity index (χ4n) is 2.40. The lowest BCUT2D eigenvalue weighted by Crippen LogP contribution is -2.41. The van der Waals surface area contributed by atoms with Crippen LogP contribution in [0.5, 0.6) is 0 Å². The molecule has 0 bridgehead atoms. The second-order valence-corrected chi connectivity index (χ2v) is 5.10. The number of hydrogen-bond acceptors (Lipinski definition) is 3. The van der Waals surface area contributed by atoms with Crippen LogP contribution < -0.4 is 5.32 Å². The zero-order chi connectivity index (χ0) is 12.3. The summed E-state index contributed by atoms with van der Waals surface area (Å²) < 4.78 is 1.99. The highest BCUT2D eigenvalue weighted by molar-refractivity contribution is 5.09. The maximum atomic E-state index is 4.33. The van der Waals surface area contributed by atoms with Crippen molar-refractivity contribution in [1.82, 2.24) is 20.0 Å². The average molecular weight is 236 g/mol. The quantitative estimate of drug-likeness (QED) is 0.863. The van der Waals surface area contributed by atoms with Crippen LogP contribution in [-0.4, -0.2) is 40.9 Å². The van der Waals surface area contributed by atoms with Crippen LogP contribution in [0, 0.1) is 0 Å². The highest BCUT2D eigenvalue weighted by Crippen LogP contribution is 2.16. The van der Waals surface area contributed by atoms with Crippen LogP contribution in [0.2, 0.25) is 0 Å². The Morgan fingerprint density at radius 2 is 2.18 bits per heavy atom. The first-order valence-electron chi connectivity index (χ1n) is 6.66. The van der Waals surface area contributed by atoms with Crippen molar-refractivity contribution in [3.8, 4) is 0 Å². The van der Waals surface area contributed by atoms with Crippen LogP contribution in [0.1, 0.15) is 38.3 Å². The minimum Gasteiger partial charge on any atom is -0.307 e. The molecule has 0 spiro atoms. The molecule has 1 aromatic heterocycles. The number of likely N-dealkylation sites (tertiary alicyclic amines) is 1. The zero-order valence-corrected chi connectivity index (χ0v) is 11.2. The van der Waals surface area contributed by atoms with Gasteiger partial charge in [-0.15, -0.1) is 0 Å². The van der Waals surface area contributed by atoms with E-state index in [9.17, 15) is 0 Å². The number of rotatable bonds is 4. The summed E-state index contributed by atoms with van der Waals surface area (Å²) in [6, 6.07) is 1.06. The van der Waals surface area contributed by atoms with E-state index >= 15 is 0 Å². The van der Waals surface area contributed by atoms with Gasteiger partial charge in [-0.1, -0.05) is 0 Å². The van der Waals surface area contributed by atoms with Crippen molar-refractivity contribution in [1.29, 1.82) is 0 Å². The summed E-state index contributed by atoms with van der Waals surface area (Å²) >= 11 is 0. The standard InChI is InChI=1S/C13H24N4/c1-4-17-10-12(9-14-17)11(2)15-13-5-7-16(3)8-6-13/h9-11,13,15H,4-8H2,1-3H3. The van der Waals surface area contributed by atoms with Crippen LogP contribution in [0.4, 0.5) is 0 Å². The summed E-state index contributed by atoms with van der Waals surface area (Å²) in [5.74, 6) is 0. The SMILES string of the molecule is CCn1cc(C(C)NC2CCN(C)CC2)cn1. The molecule has 0 aromatic carbocycles. The minimum atomic E-state index is 0.406. The van der Waals surface area contributed by atoms with E-state index in [4.69, 9.17) is 0 Å². The summed E-state index contributed by atoms with van der Waals surface area (Å²) in [7, 11) is 2.20. The van der Waals surface area contributed by atoms with Crippen molar-refractivity contribution in [2.24, 2.45) is 0 Å². The number of hydrogen-bond donors (Lipinski definition) is 1. The first kappa shape index (κ1) is 12.6. The van der Waals surface area contributed by atoms with Crippen molar-refractivity contribution in [3.05, 3.63) is 18.0 Å². The molecule has 1 N–H and O–H groups in total. The highest BCUT2D eigenvalue weighted by Gasteiger charge is 2.19. The van der Waals surface area contributed by atoms with Crippen LogP contribution in [0.15, 0.2) is 12.4 Å². The molecular formula is C13H24N4. The largest absolute Gasteiger partial charge is 0.307 e. The molecule has 1 saturated heterocycles. The lowest BCUT2D eigenvalue weighted by Gasteiger charge is -2.31. The summed E-state index contributed by atoms with van der Waals surface area (Å²) in [4.78, 5) is 2.40. The Morgan fingerprint density at radius 1 is 1.47 bits per heavy atom. The second kappa shape index (κ2) is 5.65. The predicted molar refractivity (Wildman–Crippen MR) is 70.0 cm³/mol. The molecule has 0 amide bonds. The third kappa shape index (κ3) is 3.30. The van der Waals surface area contributed by atoms with Crippen molar-refractivity contribution in [3.63, 3.8) is 0 Å². The van der Waals surface area contributed by atoms with E-state index in [0.717, 1.165) is 6.54 Å². The van der Waals surface area contributed by atoms with Crippen molar-refractivity contribution >= 4 is 0 Å². The van der Waals surface area contributed by atoms with Crippen LogP contribution in [-0.2, 0) is 6.54 Å². The van der Waals surface area contributed by atoms with Gasteiger partial charge < -0.3 is 10.2 Å². The van der Waals surface area contributed by atoms with Gasteiger partial charge in [0.2, 0.25) is 0 Å². The third-order valence-electron chi connectivity index (χ3n) is 3.68. The Labute approximate surface area is 104 Å². The van der Waals surface area contributed by atoms with Crippen LogP contribution >= 0.6 is 0 Å². The van der Waals surface area contributed by atoms with Gasteiger partial charge in [-0.25, -0.2) is 0 Å². The average Bonchev–Trinajstić information content (AvgIpc) is 2.81. The predicted octanol–water partition coefficient (Wildman–Crippen LogP) is 1.65. The van der Waals surface area contributed by atoms with Gasteiger partial charge >= 0.3 is 0 Å². The maximum absolute atomic E-state index is 4.33. The number of nitrogens with one attached hydrogen (secondary N) is 1. The molecule has 2 rings (SSSR count). The summed E-state index contributed by atoms with van der Waals surface area (Å²) in [6.07, 6.45) is 6.63. The zero-order valence-electron chi connectivity index (χ0n) is 11.2. The van der Waals surface area contributed by atoms with Gasteiger partial charge in [-0.3, -0.25) is 4.68 Å². The Morgan fingerprint density at radius 3 is 2.76 bits per heavy atom. The van der Waals surface area contributed by atoms with Crippen LogP contribution in [0.3, 0.4) is 0 Å². The van der Waals surface area contributed by atoms with Gasteiger partial charge in [0, 0.05) is 30.4 Å². The molecule has 0 radical (unpaired) electrons. The fourth-order valence-corrected chi connectivity index (χ4v) is 2.40. The Kier molecular flexibility index (Phi) is 4.18. The Balaban J connectivity index is 1.86. The van der Waals surface area contributed by atoms with E-state index in [2.05, 4.69) is 42.4 Å². The monoisotopic (exact) mass is 236 g/mol. The number of aryl methyl sites for hydroxylation is 1. The molecule has 1 fully saturated rings. The molecule has 0 aliphatic carbocycles. The Hall–Kier alpha value is -0.870. The molecule has 1 unspecified atom stereocenters. The van der Waals surface area contributed by atoms with Gasteiger partial charge in [-0.05, 0) is 46.8 Å². The number of aromatic nitrogens is 2. The van der Waals surface area contributed by atoms with Gasteiger partial charge in [-0.2, -0.15) is 5.10 Å². The molecule has 1 aromatic rings. The molecule has 4 nitrogen and oxygen atoms in total. The van der Waals surface area contributed by atoms with Crippen LogP contribution in [0.25, 0.3) is 0 Å². The minimum absolute atomic E-state index is 0.406. The summed E-state index contributed by atoms with van der Waals surface area (Å²) in [5.41, 5.74) is 1.30. The van der Waals surface area contributed by atoms with Crippen molar-refractivity contribution in [2.45, 2.75) is 45.3 Å². The highest BCUT2D eigenvalue weighted by atomic mass is 15.3. The van der Waals surface area contributed by atoms with E-state index in [0.29, 0.717) is 12.1 Å². The van der Waals surface area contributed by atoms with E-state index < -0.39 is 0 Å². The molecule has 17 heavy (non-hydrogen) atoms. The summed E-state index contributed by atoms with van der Waals surface area (Å²) in [6.45, 7) is 7.71. The normalized spacial score (nSPS) is 20.6. The first-order chi connectivity index (χ1) is 8.19. The molecular weight excluding hydrogens is 212 g/mol. The first-order valence-corrected chi connectivity index (χ1v) is 6.66. The molecule has 1 aliphatic heterocycles. The van der Waals surface area contributed by atoms with Gasteiger partial charge in [0.25, 0.3) is 0 Å². The van der Waals surface area contributed by atoms with Crippen molar-refractivity contribution < 1.29 is 0 Å². The molecule has 2 heterocycles. The second-order valence-electron chi connectivity index (χ2n) is 5.10. The van der Waals surface area contributed by atoms with E-state index in [1.165, 1.54) is 31.5 Å². The maximum Gasteiger partial charge on any atom is 0.0537 e. The van der Waals surface area contributed by atoms with E-state index in [1.54, 1.807) is 0 Å². The van der Waals surface area contributed by atoms with Gasteiger partial charge in [0.15, 0.2) is 0 Å². The molecule has 1 atom stereocenters. The topological polar surface area (TPSA) is 33.1 Å². The van der Waals surface area contributed by atoms with Crippen molar-refractivity contribution in [2.75, 3.05) is 20.1 Å². The summed E-state index contributed by atoms with van der Waals surface area (Å²) in [5, 5.41) is 8.04. The van der Waals surface area contributed by atoms with Gasteiger partial charge in [0.05, 0.1) is 6.20 Å². The lowest BCUT2D eigenvalue weighted by molar-refractivity contribution is 0.226. The van der Waals surface area contributed by atoms with E-state index in [1.807, 2.05) is 10.9 Å². The lowest BCUT2D eigenvalue weighted by atomic mass is 10.0. The van der Waals surface area contributed by atoms with E-state index in [-0.39, 0.29) is 0 Å². The fraction of sp³-hybridized carbons (Fsp3) is 0.769. The molecule has 96 valence electrons. The molecule has 1 aliphatic rings.